The first-order valence-electron chi connectivity index (χ1n) is 5.05. The Labute approximate surface area is 80.5 Å². The molecule has 0 aliphatic carbocycles. The first-order chi connectivity index (χ1) is 5.97. The highest BCUT2D eigenvalue weighted by atomic mass is 19.1. The summed E-state index contributed by atoms with van der Waals surface area (Å²) >= 11 is 0. The van der Waals surface area contributed by atoms with Crippen molar-refractivity contribution in [2.24, 2.45) is 5.92 Å². The monoisotopic (exact) mass is 188 g/mol. The molecule has 1 unspecified atom stereocenters. The summed E-state index contributed by atoms with van der Waals surface area (Å²) in [7, 11) is 2.00. The lowest BCUT2D eigenvalue weighted by molar-refractivity contribution is 0.134. The van der Waals surface area contributed by atoms with Crippen LogP contribution in [0.1, 0.15) is 20.3 Å². The Morgan fingerprint density at radius 2 is 2.23 bits per heavy atom. The van der Waals surface area contributed by atoms with Gasteiger partial charge in [-0.3, -0.25) is 0 Å². The van der Waals surface area contributed by atoms with Gasteiger partial charge in [0.1, 0.15) is 5.67 Å². The smallest absolute Gasteiger partial charge is 0.118 e. The Morgan fingerprint density at radius 3 is 2.69 bits per heavy atom. The van der Waals surface area contributed by atoms with E-state index in [4.69, 9.17) is 0 Å². The second-order valence-corrected chi connectivity index (χ2v) is 4.77. The Bertz CT molecular complexity index is 147. The zero-order chi connectivity index (χ0) is 9.90. The first kappa shape index (κ1) is 10.9. The maximum Gasteiger partial charge on any atom is 0.118 e. The molecule has 1 fully saturated rings. The second kappa shape index (κ2) is 4.38. The number of hydrogen-bond acceptors (Lipinski definition) is 2. The van der Waals surface area contributed by atoms with E-state index in [1.165, 1.54) is 6.42 Å². The SMILES string of the molecule is CN(CC1CCNC1)CC(C)(C)F. The van der Waals surface area contributed by atoms with Crippen molar-refractivity contribution in [3.63, 3.8) is 0 Å². The molecule has 0 aromatic heterocycles. The molecule has 0 aromatic rings. The van der Waals surface area contributed by atoms with Gasteiger partial charge in [-0.1, -0.05) is 0 Å². The van der Waals surface area contributed by atoms with E-state index in [-0.39, 0.29) is 0 Å². The highest BCUT2D eigenvalue weighted by Crippen LogP contribution is 2.13. The minimum absolute atomic E-state index is 0.531. The molecule has 1 aliphatic rings. The number of rotatable bonds is 4. The minimum Gasteiger partial charge on any atom is -0.316 e. The van der Waals surface area contributed by atoms with Crippen molar-refractivity contribution < 1.29 is 4.39 Å². The normalized spacial score (nSPS) is 24.2. The van der Waals surface area contributed by atoms with Crippen molar-refractivity contribution in [1.82, 2.24) is 10.2 Å². The third-order valence-electron chi connectivity index (χ3n) is 2.38. The molecule has 3 heteroatoms. The van der Waals surface area contributed by atoms with E-state index in [0.29, 0.717) is 12.5 Å². The molecule has 0 aromatic carbocycles. The van der Waals surface area contributed by atoms with Crippen LogP contribution in [0.15, 0.2) is 0 Å². The molecular weight excluding hydrogens is 167 g/mol. The van der Waals surface area contributed by atoms with Gasteiger partial charge in [0, 0.05) is 13.1 Å². The summed E-state index contributed by atoms with van der Waals surface area (Å²) in [5.74, 6) is 0.715. The van der Waals surface area contributed by atoms with E-state index >= 15 is 0 Å². The number of nitrogens with zero attached hydrogens (tertiary/aromatic N) is 1. The van der Waals surface area contributed by atoms with E-state index in [0.717, 1.165) is 19.6 Å². The molecule has 1 rings (SSSR count). The molecule has 78 valence electrons. The quantitative estimate of drug-likeness (QED) is 0.715. The van der Waals surface area contributed by atoms with Crippen molar-refractivity contribution in [3.05, 3.63) is 0 Å². The number of hydrogen-bond donors (Lipinski definition) is 1. The summed E-state index contributed by atoms with van der Waals surface area (Å²) in [6.45, 7) is 7.03. The average molecular weight is 188 g/mol. The van der Waals surface area contributed by atoms with Crippen LogP contribution in [-0.4, -0.2) is 43.8 Å². The molecule has 0 saturated carbocycles. The van der Waals surface area contributed by atoms with Gasteiger partial charge in [-0.15, -0.1) is 0 Å². The van der Waals surface area contributed by atoms with Crippen LogP contribution in [-0.2, 0) is 0 Å². The molecule has 0 spiro atoms. The molecule has 1 N–H and O–H groups in total. The number of nitrogens with one attached hydrogen (secondary N) is 1. The molecule has 13 heavy (non-hydrogen) atoms. The fraction of sp³-hybridized carbons (Fsp3) is 1.00. The van der Waals surface area contributed by atoms with Crippen molar-refractivity contribution in [2.45, 2.75) is 25.9 Å². The van der Waals surface area contributed by atoms with E-state index in [2.05, 4.69) is 10.2 Å². The Morgan fingerprint density at radius 1 is 1.54 bits per heavy atom. The molecular formula is C10H21FN2. The van der Waals surface area contributed by atoms with E-state index < -0.39 is 5.67 Å². The van der Waals surface area contributed by atoms with Gasteiger partial charge in [0.05, 0.1) is 0 Å². The lowest BCUT2D eigenvalue weighted by Crippen LogP contribution is -2.36. The highest BCUT2D eigenvalue weighted by Gasteiger charge is 2.21. The van der Waals surface area contributed by atoms with Crippen LogP contribution in [0, 0.1) is 5.92 Å². The second-order valence-electron chi connectivity index (χ2n) is 4.77. The maximum absolute atomic E-state index is 13.3. The first-order valence-corrected chi connectivity index (χ1v) is 5.05. The predicted octanol–water partition coefficient (Wildman–Crippen LogP) is 1.28. The molecule has 1 atom stereocenters. The third kappa shape index (κ3) is 4.58. The van der Waals surface area contributed by atoms with Crippen LogP contribution < -0.4 is 5.32 Å². The topological polar surface area (TPSA) is 15.3 Å². The van der Waals surface area contributed by atoms with E-state index in [1.54, 1.807) is 13.8 Å². The lowest BCUT2D eigenvalue weighted by Gasteiger charge is -2.25. The molecule has 1 saturated heterocycles. The van der Waals surface area contributed by atoms with Crippen LogP contribution in [0.2, 0.25) is 0 Å². The summed E-state index contributed by atoms with van der Waals surface area (Å²) in [4.78, 5) is 2.09. The van der Waals surface area contributed by atoms with Gasteiger partial charge >= 0.3 is 0 Å². The van der Waals surface area contributed by atoms with E-state index in [1.807, 2.05) is 7.05 Å². The zero-order valence-electron chi connectivity index (χ0n) is 8.94. The van der Waals surface area contributed by atoms with Crippen LogP contribution in [0.3, 0.4) is 0 Å². The third-order valence-corrected chi connectivity index (χ3v) is 2.38. The predicted molar refractivity (Wildman–Crippen MR) is 53.7 cm³/mol. The Balaban J connectivity index is 2.20. The van der Waals surface area contributed by atoms with Gasteiger partial charge in [0.15, 0.2) is 0 Å². The van der Waals surface area contributed by atoms with Crippen LogP contribution >= 0.6 is 0 Å². The van der Waals surface area contributed by atoms with Crippen LogP contribution in [0.25, 0.3) is 0 Å². The van der Waals surface area contributed by atoms with Crippen LogP contribution in [0.4, 0.5) is 4.39 Å². The number of alkyl halides is 1. The summed E-state index contributed by atoms with van der Waals surface area (Å²) in [5, 5.41) is 3.32. The molecule has 0 bridgehead atoms. The minimum atomic E-state index is -1.07. The van der Waals surface area contributed by atoms with Crippen molar-refractivity contribution >= 4 is 0 Å². The maximum atomic E-state index is 13.3. The van der Waals surface area contributed by atoms with Gasteiger partial charge in [-0.2, -0.15) is 0 Å². The average Bonchev–Trinajstić information content (AvgIpc) is 2.34. The van der Waals surface area contributed by atoms with Gasteiger partial charge in [0.25, 0.3) is 0 Å². The fourth-order valence-electron chi connectivity index (χ4n) is 2.02. The Kier molecular flexibility index (Phi) is 3.68. The van der Waals surface area contributed by atoms with Crippen LogP contribution in [0.5, 0.6) is 0 Å². The molecule has 1 aliphatic heterocycles. The summed E-state index contributed by atoms with van der Waals surface area (Å²) in [5.41, 5.74) is -1.07. The van der Waals surface area contributed by atoms with Gasteiger partial charge < -0.3 is 10.2 Å². The molecule has 0 radical (unpaired) electrons. The van der Waals surface area contributed by atoms with Gasteiger partial charge in [-0.25, -0.2) is 4.39 Å². The van der Waals surface area contributed by atoms with Gasteiger partial charge in [-0.05, 0) is 46.3 Å². The zero-order valence-corrected chi connectivity index (χ0v) is 8.94. The molecule has 2 nitrogen and oxygen atoms in total. The molecule has 0 amide bonds. The highest BCUT2D eigenvalue weighted by molar-refractivity contribution is 4.77. The fourth-order valence-corrected chi connectivity index (χ4v) is 2.02. The lowest BCUT2D eigenvalue weighted by atomic mass is 10.1. The largest absolute Gasteiger partial charge is 0.316 e. The molecule has 1 heterocycles. The van der Waals surface area contributed by atoms with Crippen molar-refractivity contribution in [2.75, 3.05) is 33.2 Å². The van der Waals surface area contributed by atoms with Crippen molar-refractivity contribution in [3.8, 4) is 0 Å². The van der Waals surface area contributed by atoms with Crippen molar-refractivity contribution in [1.29, 1.82) is 0 Å². The summed E-state index contributed by atoms with van der Waals surface area (Å²) < 4.78 is 13.3. The van der Waals surface area contributed by atoms with E-state index in [9.17, 15) is 4.39 Å². The standard InChI is InChI=1S/C10H21FN2/c1-10(2,11)8-13(3)7-9-4-5-12-6-9/h9,12H,4-8H2,1-3H3. The summed E-state index contributed by atoms with van der Waals surface area (Å²) in [6.07, 6.45) is 1.23. The Hall–Kier alpha value is -0.150. The van der Waals surface area contributed by atoms with Gasteiger partial charge in [0.2, 0.25) is 0 Å². The number of halogens is 1. The summed E-state index contributed by atoms with van der Waals surface area (Å²) in [6, 6.07) is 0.